The highest BCUT2D eigenvalue weighted by Crippen LogP contribution is 2.34. The Morgan fingerprint density at radius 1 is 1.00 bits per heavy atom. The predicted octanol–water partition coefficient (Wildman–Crippen LogP) is 2.61. The minimum Gasteiger partial charge on any atom is -0.496 e. The van der Waals surface area contributed by atoms with Crippen molar-refractivity contribution in [3.05, 3.63) is 17.7 Å². The third kappa shape index (κ3) is 6.18. The van der Waals surface area contributed by atoms with Gasteiger partial charge >= 0.3 is 0 Å². The number of benzene rings is 1. The molecule has 0 aliphatic carbocycles. The number of rotatable bonds is 10. The van der Waals surface area contributed by atoms with E-state index in [1.807, 2.05) is 12.1 Å². The molecule has 0 aromatic heterocycles. The van der Waals surface area contributed by atoms with Gasteiger partial charge in [-0.05, 0) is 19.8 Å². The average Bonchev–Trinajstić information content (AvgIpc) is 2.61. The van der Waals surface area contributed by atoms with Gasteiger partial charge in [0.05, 0.1) is 21.3 Å². The molecular weight excluding hydrogens is 306 g/mol. The molecule has 1 aromatic carbocycles. The molecule has 0 saturated heterocycles. The molecule has 0 unspecified atom stereocenters. The van der Waals surface area contributed by atoms with Gasteiger partial charge in [0.15, 0.2) is 5.96 Å². The van der Waals surface area contributed by atoms with E-state index in [1.165, 1.54) is 0 Å². The highest BCUT2D eigenvalue weighted by molar-refractivity contribution is 5.79. The largest absolute Gasteiger partial charge is 0.496 e. The standard InChI is InChI=1S/C18H31N3O3/c1-6-8-10-20-18(19-7-2)21-11-9-15-16(23-4)12-14(22-3)13-17(15)24-5/h12-13H,6-11H2,1-5H3,(H2,19,20,21). The van der Waals surface area contributed by atoms with Gasteiger partial charge in [-0.1, -0.05) is 13.3 Å². The van der Waals surface area contributed by atoms with Crippen molar-refractivity contribution in [1.29, 1.82) is 0 Å². The first-order valence-corrected chi connectivity index (χ1v) is 8.51. The molecule has 0 aliphatic rings. The predicted molar refractivity (Wildman–Crippen MR) is 98.7 cm³/mol. The van der Waals surface area contributed by atoms with Gasteiger partial charge in [-0.3, -0.25) is 4.99 Å². The summed E-state index contributed by atoms with van der Waals surface area (Å²) in [6, 6.07) is 3.75. The lowest BCUT2D eigenvalue weighted by Crippen LogP contribution is -2.38. The highest BCUT2D eigenvalue weighted by Gasteiger charge is 2.13. The first-order chi connectivity index (χ1) is 11.7. The number of ether oxygens (including phenoxy) is 3. The number of unbranched alkanes of at least 4 members (excludes halogenated alkanes) is 1. The second-order valence-electron chi connectivity index (χ2n) is 5.30. The first-order valence-electron chi connectivity index (χ1n) is 8.51. The van der Waals surface area contributed by atoms with Gasteiger partial charge in [0.25, 0.3) is 0 Å². The second-order valence-corrected chi connectivity index (χ2v) is 5.30. The van der Waals surface area contributed by atoms with Crippen molar-refractivity contribution in [1.82, 2.24) is 10.6 Å². The molecule has 0 atom stereocenters. The Labute approximate surface area is 145 Å². The molecule has 0 bridgehead atoms. The molecule has 136 valence electrons. The quantitative estimate of drug-likeness (QED) is 0.390. The third-order valence-electron chi connectivity index (χ3n) is 3.61. The van der Waals surface area contributed by atoms with E-state index in [0.717, 1.165) is 67.7 Å². The minimum atomic E-state index is 0.717. The van der Waals surface area contributed by atoms with Crippen molar-refractivity contribution < 1.29 is 14.2 Å². The molecule has 0 spiro atoms. The van der Waals surface area contributed by atoms with Crippen LogP contribution in [0.5, 0.6) is 17.2 Å². The van der Waals surface area contributed by atoms with E-state index in [-0.39, 0.29) is 0 Å². The zero-order valence-electron chi connectivity index (χ0n) is 15.6. The van der Waals surface area contributed by atoms with E-state index in [1.54, 1.807) is 21.3 Å². The Hall–Kier alpha value is -2.11. The van der Waals surface area contributed by atoms with Gasteiger partial charge in [0.1, 0.15) is 17.2 Å². The second kappa shape index (κ2) is 11.4. The lowest BCUT2D eigenvalue weighted by Gasteiger charge is -2.16. The van der Waals surface area contributed by atoms with Crippen LogP contribution in [0.15, 0.2) is 17.1 Å². The molecule has 1 rings (SSSR count). The Kier molecular flexibility index (Phi) is 9.49. The van der Waals surface area contributed by atoms with Crippen molar-refractivity contribution in [2.75, 3.05) is 41.0 Å². The van der Waals surface area contributed by atoms with Crippen molar-refractivity contribution in [2.24, 2.45) is 4.99 Å². The molecule has 24 heavy (non-hydrogen) atoms. The van der Waals surface area contributed by atoms with E-state index in [9.17, 15) is 0 Å². The molecular formula is C18H31N3O3. The molecule has 6 nitrogen and oxygen atoms in total. The van der Waals surface area contributed by atoms with Crippen molar-refractivity contribution in [3.8, 4) is 17.2 Å². The lowest BCUT2D eigenvalue weighted by molar-refractivity contribution is 0.368. The number of nitrogens with zero attached hydrogens (tertiary/aromatic N) is 1. The number of hydrogen-bond acceptors (Lipinski definition) is 4. The normalized spacial score (nSPS) is 11.1. The summed E-state index contributed by atoms with van der Waals surface area (Å²) < 4.78 is 16.2. The summed E-state index contributed by atoms with van der Waals surface area (Å²) in [5.74, 6) is 3.09. The SMILES string of the molecule is CCCCN=C(NCC)NCCc1c(OC)cc(OC)cc1OC. The van der Waals surface area contributed by atoms with E-state index < -0.39 is 0 Å². The number of hydrogen-bond donors (Lipinski definition) is 2. The molecule has 0 fully saturated rings. The van der Waals surface area contributed by atoms with Crippen LogP contribution in [0.2, 0.25) is 0 Å². The Bertz CT molecular complexity index is 493. The Morgan fingerprint density at radius 3 is 2.17 bits per heavy atom. The summed E-state index contributed by atoms with van der Waals surface area (Å²) in [4.78, 5) is 4.56. The monoisotopic (exact) mass is 337 g/mol. The fourth-order valence-electron chi connectivity index (χ4n) is 2.32. The van der Waals surface area contributed by atoms with Crippen LogP contribution in [-0.4, -0.2) is 46.9 Å². The van der Waals surface area contributed by atoms with Crippen LogP contribution >= 0.6 is 0 Å². The van der Waals surface area contributed by atoms with E-state index in [2.05, 4.69) is 29.5 Å². The smallest absolute Gasteiger partial charge is 0.191 e. The van der Waals surface area contributed by atoms with E-state index >= 15 is 0 Å². The topological polar surface area (TPSA) is 64.1 Å². The summed E-state index contributed by atoms with van der Waals surface area (Å²) >= 11 is 0. The van der Waals surface area contributed by atoms with Crippen molar-refractivity contribution in [3.63, 3.8) is 0 Å². The lowest BCUT2D eigenvalue weighted by atomic mass is 10.1. The van der Waals surface area contributed by atoms with Gasteiger partial charge < -0.3 is 24.8 Å². The highest BCUT2D eigenvalue weighted by atomic mass is 16.5. The summed E-state index contributed by atoms with van der Waals surface area (Å²) in [6.07, 6.45) is 2.99. The van der Waals surface area contributed by atoms with Crippen LogP contribution in [0.1, 0.15) is 32.3 Å². The number of nitrogens with one attached hydrogen (secondary N) is 2. The molecule has 0 amide bonds. The van der Waals surface area contributed by atoms with Crippen LogP contribution in [-0.2, 0) is 6.42 Å². The molecule has 0 radical (unpaired) electrons. The first kappa shape index (κ1) is 19.9. The van der Waals surface area contributed by atoms with Crippen LogP contribution in [0.25, 0.3) is 0 Å². The maximum absolute atomic E-state index is 5.48. The fraction of sp³-hybridized carbons (Fsp3) is 0.611. The van der Waals surface area contributed by atoms with Gasteiger partial charge in [-0.25, -0.2) is 0 Å². The summed E-state index contributed by atoms with van der Waals surface area (Å²) in [5.41, 5.74) is 1.01. The van der Waals surface area contributed by atoms with Crippen LogP contribution in [0.4, 0.5) is 0 Å². The number of methoxy groups -OCH3 is 3. The molecule has 2 N–H and O–H groups in total. The number of aliphatic imine (C=N–C) groups is 1. The fourth-order valence-corrected chi connectivity index (χ4v) is 2.32. The van der Waals surface area contributed by atoms with Crippen molar-refractivity contribution in [2.45, 2.75) is 33.1 Å². The molecule has 0 saturated carbocycles. The van der Waals surface area contributed by atoms with Crippen LogP contribution in [0, 0.1) is 0 Å². The summed E-state index contributed by atoms with van der Waals surface area (Å²) in [7, 11) is 4.94. The maximum Gasteiger partial charge on any atom is 0.191 e. The van der Waals surface area contributed by atoms with Gasteiger partial charge in [0.2, 0.25) is 0 Å². The molecule has 0 heterocycles. The Balaban J connectivity index is 2.76. The summed E-state index contributed by atoms with van der Waals surface area (Å²) in [6.45, 7) is 6.63. The van der Waals surface area contributed by atoms with Gasteiger partial charge in [-0.15, -0.1) is 0 Å². The van der Waals surface area contributed by atoms with Crippen LogP contribution in [0.3, 0.4) is 0 Å². The zero-order valence-corrected chi connectivity index (χ0v) is 15.6. The minimum absolute atomic E-state index is 0.717. The Morgan fingerprint density at radius 2 is 1.67 bits per heavy atom. The zero-order chi connectivity index (χ0) is 17.8. The van der Waals surface area contributed by atoms with E-state index in [0.29, 0.717) is 0 Å². The maximum atomic E-state index is 5.48. The average molecular weight is 337 g/mol. The van der Waals surface area contributed by atoms with E-state index in [4.69, 9.17) is 14.2 Å². The van der Waals surface area contributed by atoms with Crippen molar-refractivity contribution >= 4 is 5.96 Å². The van der Waals surface area contributed by atoms with Crippen LogP contribution < -0.4 is 24.8 Å². The third-order valence-corrected chi connectivity index (χ3v) is 3.61. The number of guanidine groups is 1. The van der Waals surface area contributed by atoms with Gasteiger partial charge in [0, 0.05) is 37.3 Å². The summed E-state index contributed by atoms with van der Waals surface area (Å²) in [5, 5.41) is 6.62. The molecule has 1 aromatic rings. The van der Waals surface area contributed by atoms with Gasteiger partial charge in [-0.2, -0.15) is 0 Å². The molecule has 0 aliphatic heterocycles. The molecule has 6 heteroatoms.